The highest BCUT2D eigenvalue weighted by Crippen LogP contribution is 2.17. The number of morpholine rings is 1. The van der Waals surface area contributed by atoms with E-state index in [0.29, 0.717) is 24.6 Å². The molecule has 162 valence electrons. The zero-order chi connectivity index (χ0) is 20.5. The number of aliphatic imine (C=N–C) groups is 1. The molecule has 9 heteroatoms. The first-order valence-electron chi connectivity index (χ1n) is 9.71. The molecule has 2 aromatic carbocycles. The number of benzene rings is 2. The van der Waals surface area contributed by atoms with Gasteiger partial charge in [0.1, 0.15) is 0 Å². The topological polar surface area (TPSA) is 92.0 Å². The van der Waals surface area contributed by atoms with Crippen molar-refractivity contribution in [2.45, 2.75) is 19.6 Å². The minimum atomic E-state index is -0.366. The molecule has 0 aliphatic carbocycles. The van der Waals surface area contributed by atoms with E-state index in [0.717, 1.165) is 32.8 Å². The molecular formula is C21H28IN5O3. The minimum absolute atomic E-state index is 0. The van der Waals surface area contributed by atoms with Crippen LogP contribution in [0.25, 0.3) is 0 Å². The van der Waals surface area contributed by atoms with Gasteiger partial charge in [-0.15, -0.1) is 24.0 Å². The van der Waals surface area contributed by atoms with Crippen LogP contribution in [-0.4, -0.2) is 49.1 Å². The van der Waals surface area contributed by atoms with Crippen LogP contribution in [0.15, 0.2) is 53.5 Å². The van der Waals surface area contributed by atoms with E-state index >= 15 is 0 Å². The summed E-state index contributed by atoms with van der Waals surface area (Å²) in [5.41, 5.74) is 3.20. The zero-order valence-corrected chi connectivity index (χ0v) is 19.4. The Kier molecular flexibility index (Phi) is 9.98. The van der Waals surface area contributed by atoms with Gasteiger partial charge < -0.3 is 15.4 Å². The van der Waals surface area contributed by atoms with Crippen LogP contribution in [0.2, 0.25) is 0 Å². The van der Waals surface area contributed by atoms with Gasteiger partial charge in [0.25, 0.3) is 5.69 Å². The zero-order valence-electron chi connectivity index (χ0n) is 17.0. The summed E-state index contributed by atoms with van der Waals surface area (Å²) in [5.74, 6) is 0.601. The molecule has 0 amide bonds. The molecule has 3 rings (SSSR count). The highest BCUT2D eigenvalue weighted by atomic mass is 127. The summed E-state index contributed by atoms with van der Waals surface area (Å²) in [5, 5.41) is 17.6. The molecule has 8 nitrogen and oxygen atoms in total. The number of nitro benzene ring substituents is 1. The van der Waals surface area contributed by atoms with Crippen LogP contribution < -0.4 is 10.6 Å². The molecular weight excluding hydrogens is 497 g/mol. The molecule has 0 bridgehead atoms. The first kappa shape index (κ1) is 24.0. The van der Waals surface area contributed by atoms with Crippen molar-refractivity contribution in [2.24, 2.45) is 4.99 Å². The third-order valence-corrected chi connectivity index (χ3v) is 4.92. The number of ether oxygens (including phenoxy) is 1. The second kappa shape index (κ2) is 12.5. The van der Waals surface area contributed by atoms with E-state index in [2.05, 4.69) is 38.7 Å². The molecule has 0 aromatic heterocycles. The Morgan fingerprint density at radius 2 is 1.60 bits per heavy atom. The molecule has 0 atom stereocenters. The summed E-state index contributed by atoms with van der Waals surface area (Å²) in [6.07, 6.45) is 0. The van der Waals surface area contributed by atoms with Crippen LogP contribution in [-0.2, 0) is 24.4 Å². The Morgan fingerprint density at radius 1 is 1.03 bits per heavy atom. The molecule has 0 spiro atoms. The lowest BCUT2D eigenvalue weighted by molar-refractivity contribution is -0.385. The summed E-state index contributed by atoms with van der Waals surface area (Å²) in [4.78, 5) is 17.4. The largest absolute Gasteiger partial charge is 0.379 e. The number of para-hydroxylation sites is 1. The van der Waals surface area contributed by atoms with Gasteiger partial charge in [-0.3, -0.25) is 20.0 Å². The molecule has 0 saturated carbocycles. The molecule has 0 radical (unpaired) electrons. The monoisotopic (exact) mass is 525 g/mol. The number of halogens is 1. The molecule has 1 fully saturated rings. The Hall–Kier alpha value is -2.24. The number of rotatable bonds is 7. The van der Waals surface area contributed by atoms with Crippen LogP contribution in [0.1, 0.15) is 16.7 Å². The van der Waals surface area contributed by atoms with E-state index in [-0.39, 0.29) is 34.6 Å². The van der Waals surface area contributed by atoms with E-state index in [1.54, 1.807) is 25.2 Å². The van der Waals surface area contributed by atoms with Crippen molar-refractivity contribution < 1.29 is 9.66 Å². The van der Waals surface area contributed by atoms with Gasteiger partial charge >= 0.3 is 0 Å². The Labute approximate surface area is 193 Å². The van der Waals surface area contributed by atoms with Crippen LogP contribution >= 0.6 is 24.0 Å². The summed E-state index contributed by atoms with van der Waals surface area (Å²) >= 11 is 0. The Balaban J connectivity index is 0.00000320. The maximum Gasteiger partial charge on any atom is 0.274 e. The fourth-order valence-corrected chi connectivity index (χ4v) is 3.30. The van der Waals surface area contributed by atoms with Crippen molar-refractivity contribution in [1.29, 1.82) is 0 Å². The summed E-state index contributed by atoms with van der Waals surface area (Å²) in [6, 6.07) is 15.1. The van der Waals surface area contributed by atoms with E-state index in [1.807, 2.05) is 6.07 Å². The minimum Gasteiger partial charge on any atom is -0.379 e. The highest BCUT2D eigenvalue weighted by molar-refractivity contribution is 14.0. The predicted molar refractivity (Wildman–Crippen MR) is 128 cm³/mol. The lowest BCUT2D eigenvalue weighted by Crippen LogP contribution is -2.37. The fourth-order valence-electron chi connectivity index (χ4n) is 3.30. The highest BCUT2D eigenvalue weighted by Gasteiger charge is 2.14. The quantitative estimate of drug-likeness (QED) is 0.190. The Morgan fingerprint density at radius 3 is 2.23 bits per heavy atom. The van der Waals surface area contributed by atoms with Gasteiger partial charge in [0, 0.05) is 51.4 Å². The van der Waals surface area contributed by atoms with Crippen molar-refractivity contribution in [3.05, 3.63) is 75.3 Å². The molecule has 1 saturated heterocycles. The second-order valence-corrected chi connectivity index (χ2v) is 6.82. The summed E-state index contributed by atoms with van der Waals surface area (Å²) in [7, 11) is 1.69. The van der Waals surface area contributed by atoms with Crippen LogP contribution in [0.4, 0.5) is 5.69 Å². The van der Waals surface area contributed by atoms with Gasteiger partial charge in [-0.2, -0.15) is 0 Å². The van der Waals surface area contributed by atoms with Crippen molar-refractivity contribution in [3.63, 3.8) is 0 Å². The number of hydrogen-bond acceptors (Lipinski definition) is 5. The lowest BCUT2D eigenvalue weighted by Gasteiger charge is -2.27. The molecule has 0 unspecified atom stereocenters. The molecule has 1 heterocycles. The van der Waals surface area contributed by atoms with Gasteiger partial charge in [-0.25, -0.2) is 0 Å². The predicted octanol–water partition coefficient (Wildman–Crippen LogP) is 2.91. The van der Waals surface area contributed by atoms with Crippen molar-refractivity contribution in [3.8, 4) is 0 Å². The fraction of sp³-hybridized carbons (Fsp3) is 0.381. The molecule has 30 heavy (non-hydrogen) atoms. The van der Waals surface area contributed by atoms with Crippen LogP contribution in [0, 0.1) is 10.1 Å². The average Bonchev–Trinajstić information content (AvgIpc) is 2.76. The first-order chi connectivity index (χ1) is 14.2. The van der Waals surface area contributed by atoms with Crippen LogP contribution in [0.3, 0.4) is 0 Å². The maximum atomic E-state index is 11.2. The van der Waals surface area contributed by atoms with E-state index in [9.17, 15) is 10.1 Å². The van der Waals surface area contributed by atoms with Crippen molar-refractivity contribution >= 4 is 35.6 Å². The number of nitro groups is 1. The van der Waals surface area contributed by atoms with E-state index in [4.69, 9.17) is 4.74 Å². The molecule has 1 aliphatic heterocycles. The van der Waals surface area contributed by atoms with Crippen LogP contribution in [0.5, 0.6) is 0 Å². The standard InChI is InChI=1S/C21H27N5O3.HI/c1-22-21(24-15-18-7-4-5-9-20(18)26(27)28)23-14-17-6-2-3-8-19(17)16-25-10-12-29-13-11-25;/h2-9H,10-16H2,1H3,(H2,22,23,24);1H. The van der Waals surface area contributed by atoms with Crippen molar-refractivity contribution in [2.75, 3.05) is 33.4 Å². The average molecular weight is 525 g/mol. The van der Waals surface area contributed by atoms with Gasteiger partial charge in [-0.1, -0.05) is 42.5 Å². The van der Waals surface area contributed by atoms with Gasteiger partial charge in [0.2, 0.25) is 0 Å². The normalized spacial score (nSPS) is 14.6. The second-order valence-electron chi connectivity index (χ2n) is 6.82. The number of guanidine groups is 1. The van der Waals surface area contributed by atoms with E-state index in [1.165, 1.54) is 17.2 Å². The first-order valence-corrected chi connectivity index (χ1v) is 9.71. The van der Waals surface area contributed by atoms with Gasteiger partial charge in [0.05, 0.1) is 18.1 Å². The maximum absolute atomic E-state index is 11.2. The molecule has 2 aromatic rings. The number of hydrogen-bond donors (Lipinski definition) is 2. The Bertz CT molecular complexity index is 856. The lowest BCUT2D eigenvalue weighted by atomic mass is 10.1. The SMILES string of the molecule is CN=C(NCc1ccccc1CN1CCOCC1)NCc1ccccc1[N+](=O)[O-].I. The third kappa shape index (κ3) is 6.92. The summed E-state index contributed by atoms with van der Waals surface area (Å²) in [6.45, 7) is 5.29. The third-order valence-electron chi connectivity index (χ3n) is 4.92. The summed E-state index contributed by atoms with van der Waals surface area (Å²) < 4.78 is 5.43. The number of nitrogens with zero attached hydrogens (tertiary/aromatic N) is 3. The molecule has 1 aliphatic rings. The van der Waals surface area contributed by atoms with Gasteiger partial charge in [0.15, 0.2) is 5.96 Å². The van der Waals surface area contributed by atoms with Gasteiger partial charge in [-0.05, 0) is 11.1 Å². The smallest absolute Gasteiger partial charge is 0.274 e. The van der Waals surface area contributed by atoms with E-state index < -0.39 is 0 Å². The molecule has 2 N–H and O–H groups in total. The van der Waals surface area contributed by atoms with Crippen molar-refractivity contribution in [1.82, 2.24) is 15.5 Å². The number of nitrogens with one attached hydrogen (secondary N) is 2.